The van der Waals surface area contributed by atoms with Gasteiger partial charge >= 0.3 is 0 Å². The standard InChI is InChI=1S/C9H12.C5H12/c1-2-6-9-7-4-3-5-8-9;1-4-5(2)3/h3-5,7-8H,2,6H2,1H3;5H,4H2,1-3H3. The van der Waals surface area contributed by atoms with E-state index >= 15 is 0 Å². The van der Waals surface area contributed by atoms with E-state index in [9.17, 15) is 0 Å². The lowest BCUT2D eigenvalue weighted by molar-refractivity contribution is 0.626. The fourth-order valence-corrected chi connectivity index (χ4v) is 0.933. The lowest BCUT2D eigenvalue weighted by Gasteiger charge is -1.93. The Bertz CT molecular complexity index is 199. The Balaban J connectivity index is 0.000000292. The van der Waals surface area contributed by atoms with Gasteiger partial charge in [-0.25, -0.2) is 0 Å². The van der Waals surface area contributed by atoms with Crippen molar-refractivity contribution in [3.05, 3.63) is 35.9 Å². The number of benzene rings is 1. The molecule has 0 spiro atoms. The third-order valence-electron chi connectivity index (χ3n) is 2.20. The van der Waals surface area contributed by atoms with Gasteiger partial charge in [0.15, 0.2) is 0 Å². The van der Waals surface area contributed by atoms with Gasteiger partial charge in [-0.3, -0.25) is 0 Å². The quantitative estimate of drug-likeness (QED) is 0.651. The molecular weight excluding hydrogens is 168 g/mol. The summed E-state index contributed by atoms with van der Waals surface area (Å²) in [6.45, 7) is 8.84. The molecule has 1 rings (SSSR count). The van der Waals surface area contributed by atoms with Gasteiger partial charge in [0.2, 0.25) is 0 Å². The first-order chi connectivity index (χ1) is 6.70. The molecule has 0 aliphatic heterocycles. The van der Waals surface area contributed by atoms with Crippen molar-refractivity contribution in [3.63, 3.8) is 0 Å². The smallest absolute Gasteiger partial charge is 0.0281 e. The minimum Gasteiger partial charge on any atom is -0.0651 e. The SMILES string of the molecule is CCC(C)C.CCCc1ccccc1. The van der Waals surface area contributed by atoms with E-state index in [1.165, 1.54) is 24.8 Å². The number of hydrogen-bond donors (Lipinski definition) is 0. The summed E-state index contributed by atoms with van der Waals surface area (Å²) in [4.78, 5) is 0. The number of hydrogen-bond acceptors (Lipinski definition) is 0. The summed E-state index contributed by atoms with van der Waals surface area (Å²) < 4.78 is 0. The highest BCUT2D eigenvalue weighted by Gasteiger charge is 1.84. The average Bonchev–Trinajstić information content (AvgIpc) is 2.21. The van der Waals surface area contributed by atoms with Crippen molar-refractivity contribution in [3.8, 4) is 0 Å². The fourth-order valence-electron chi connectivity index (χ4n) is 0.933. The maximum absolute atomic E-state index is 2.22. The van der Waals surface area contributed by atoms with Gasteiger partial charge in [0.25, 0.3) is 0 Å². The van der Waals surface area contributed by atoms with Crippen LogP contribution in [-0.2, 0) is 6.42 Å². The van der Waals surface area contributed by atoms with Crippen molar-refractivity contribution in [1.29, 1.82) is 0 Å². The fraction of sp³-hybridized carbons (Fsp3) is 0.571. The van der Waals surface area contributed by atoms with E-state index in [0.29, 0.717) is 0 Å². The molecule has 0 radical (unpaired) electrons. The molecule has 1 aromatic rings. The zero-order valence-corrected chi connectivity index (χ0v) is 10.1. The van der Waals surface area contributed by atoms with Gasteiger partial charge in [0.1, 0.15) is 0 Å². The summed E-state index contributed by atoms with van der Waals surface area (Å²) in [6, 6.07) is 10.6. The first kappa shape index (κ1) is 13.2. The predicted molar refractivity (Wildman–Crippen MR) is 65.6 cm³/mol. The van der Waals surface area contributed by atoms with Gasteiger partial charge < -0.3 is 0 Å². The minimum absolute atomic E-state index is 0.884. The molecule has 0 N–H and O–H groups in total. The third kappa shape index (κ3) is 7.85. The normalized spacial score (nSPS) is 9.50. The summed E-state index contributed by atoms with van der Waals surface area (Å²) in [5.74, 6) is 0.884. The second-order valence-electron chi connectivity index (χ2n) is 4.04. The summed E-state index contributed by atoms with van der Waals surface area (Å²) in [5.41, 5.74) is 1.44. The van der Waals surface area contributed by atoms with Gasteiger partial charge in [0, 0.05) is 0 Å². The maximum Gasteiger partial charge on any atom is -0.0281 e. The van der Waals surface area contributed by atoms with E-state index in [-0.39, 0.29) is 0 Å². The molecular formula is C14H24. The highest BCUT2D eigenvalue weighted by Crippen LogP contribution is 2.00. The van der Waals surface area contributed by atoms with Crippen molar-refractivity contribution < 1.29 is 0 Å². The third-order valence-corrected chi connectivity index (χ3v) is 2.20. The molecule has 0 aliphatic carbocycles. The van der Waals surface area contributed by atoms with Crippen LogP contribution in [0.4, 0.5) is 0 Å². The molecule has 0 fully saturated rings. The number of rotatable bonds is 3. The molecule has 14 heavy (non-hydrogen) atoms. The molecule has 0 atom stereocenters. The Morgan fingerprint density at radius 2 is 1.50 bits per heavy atom. The van der Waals surface area contributed by atoms with E-state index in [2.05, 4.69) is 58.0 Å². The van der Waals surface area contributed by atoms with Crippen LogP contribution in [0.15, 0.2) is 30.3 Å². The molecule has 0 bridgehead atoms. The molecule has 0 aromatic heterocycles. The molecule has 1 aromatic carbocycles. The maximum atomic E-state index is 2.22. The van der Waals surface area contributed by atoms with Crippen LogP contribution in [0, 0.1) is 5.92 Å². The molecule has 80 valence electrons. The van der Waals surface area contributed by atoms with Crippen molar-refractivity contribution in [2.45, 2.75) is 47.0 Å². The van der Waals surface area contributed by atoms with Crippen LogP contribution >= 0.6 is 0 Å². The van der Waals surface area contributed by atoms with E-state index in [0.717, 1.165) is 5.92 Å². The van der Waals surface area contributed by atoms with Gasteiger partial charge in [0.05, 0.1) is 0 Å². The van der Waals surface area contributed by atoms with Crippen LogP contribution in [0.2, 0.25) is 0 Å². The highest BCUT2D eigenvalue weighted by molar-refractivity contribution is 5.14. The van der Waals surface area contributed by atoms with Crippen LogP contribution in [0.25, 0.3) is 0 Å². The zero-order chi connectivity index (χ0) is 10.8. The predicted octanol–water partition coefficient (Wildman–Crippen LogP) is 4.69. The molecule has 0 amide bonds. The van der Waals surface area contributed by atoms with E-state index < -0.39 is 0 Å². The van der Waals surface area contributed by atoms with Crippen molar-refractivity contribution in [2.75, 3.05) is 0 Å². The van der Waals surface area contributed by atoms with Gasteiger partial charge in [-0.15, -0.1) is 0 Å². The van der Waals surface area contributed by atoms with Crippen LogP contribution in [-0.4, -0.2) is 0 Å². The van der Waals surface area contributed by atoms with Crippen LogP contribution < -0.4 is 0 Å². The Morgan fingerprint density at radius 1 is 1.00 bits per heavy atom. The van der Waals surface area contributed by atoms with Gasteiger partial charge in [-0.1, -0.05) is 70.9 Å². The average molecular weight is 192 g/mol. The molecule has 0 saturated carbocycles. The summed E-state index contributed by atoms with van der Waals surface area (Å²) in [7, 11) is 0. The second kappa shape index (κ2) is 8.80. The molecule has 0 nitrogen and oxygen atoms in total. The molecule has 0 aliphatic rings. The van der Waals surface area contributed by atoms with E-state index in [4.69, 9.17) is 0 Å². The summed E-state index contributed by atoms with van der Waals surface area (Å²) in [6.07, 6.45) is 3.75. The summed E-state index contributed by atoms with van der Waals surface area (Å²) >= 11 is 0. The Labute approximate surface area is 89.4 Å². The topological polar surface area (TPSA) is 0 Å². The lowest BCUT2D eigenvalue weighted by atomic mass is 10.1. The summed E-state index contributed by atoms with van der Waals surface area (Å²) in [5, 5.41) is 0. The lowest BCUT2D eigenvalue weighted by Crippen LogP contribution is -1.78. The Hall–Kier alpha value is -0.780. The Morgan fingerprint density at radius 3 is 1.86 bits per heavy atom. The molecule has 0 heterocycles. The van der Waals surface area contributed by atoms with Crippen LogP contribution in [0.1, 0.15) is 46.1 Å². The van der Waals surface area contributed by atoms with Crippen molar-refractivity contribution >= 4 is 0 Å². The van der Waals surface area contributed by atoms with Crippen molar-refractivity contribution in [1.82, 2.24) is 0 Å². The van der Waals surface area contributed by atoms with E-state index in [1.54, 1.807) is 0 Å². The van der Waals surface area contributed by atoms with Crippen molar-refractivity contribution in [2.24, 2.45) is 5.92 Å². The largest absolute Gasteiger partial charge is 0.0651 e. The minimum atomic E-state index is 0.884. The van der Waals surface area contributed by atoms with Crippen LogP contribution in [0.3, 0.4) is 0 Å². The Kier molecular flexibility index (Phi) is 8.31. The molecule has 0 unspecified atom stereocenters. The number of aryl methyl sites for hydroxylation is 1. The zero-order valence-electron chi connectivity index (χ0n) is 10.1. The van der Waals surface area contributed by atoms with Gasteiger partial charge in [-0.05, 0) is 17.9 Å². The van der Waals surface area contributed by atoms with Gasteiger partial charge in [-0.2, -0.15) is 0 Å². The van der Waals surface area contributed by atoms with E-state index in [1.807, 2.05) is 0 Å². The molecule has 0 saturated heterocycles. The monoisotopic (exact) mass is 192 g/mol. The first-order valence-corrected chi connectivity index (χ1v) is 5.74. The van der Waals surface area contributed by atoms with Crippen LogP contribution in [0.5, 0.6) is 0 Å². The highest BCUT2D eigenvalue weighted by atomic mass is 13.9. The second-order valence-corrected chi connectivity index (χ2v) is 4.04. The first-order valence-electron chi connectivity index (χ1n) is 5.74. The molecule has 0 heteroatoms.